The van der Waals surface area contributed by atoms with Crippen molar-refractivity contribution in [3.8, 4) is 0 Å². The van der Waals surface area contributed by atoms with Crippen LogP contribution in [0.25, 0.3) is 0 Å². The molecule has 0 aliphatic carbocycles. The van der Waals surface area contributed by atoms with Gasteiger partial charge in [-0.15, -0.1) is 11.6 Å². The first kappa shape index (κ1) is 10.3. The molecule has 1 unspecified atom stereocenters. The van der Waals surface area contributed by atoms with Gasteiger partial charge in [-0.05, 0) is 43.9 Å². The number of aryl methyl sites for hydroxylation is 1. The summed E-state index contributed by atoms with van der Waals surface area (Å²) in [6.45, 7) is 2.02. The molecular weight excluding hydrogens is 184 g/mol. The topological polar surface area (TPSA) is 38.9 Å². The highest BCUT2D eigenvalue weighted by Crippen LogP contribution is 2.10. The Kier molecular flexibility index (Phi) is 4.03. The van der Waals surface area contributed by atoms with Gasteiger partial charge in [0.25, 0.3) is 0 Å². The van der Waals surface area contributed by atoms with Gasteiger partial charge in [0.15, 0.2) is 0 Å². The lowest BCUT2D eigenvalue weighted by Gasteiger charge is -2.03. The van der Waals surface area contributed by atoms with Gasteiger partial charge in [-0.1, -0.05) is 0 Å². The molecular formula is C10H15ClN2. The first-order valence-electron chi connectivity index (χ1n) is 4.53. The summed E-state index contributed by atoms with van der Waals surface area (Å²) < 4.78 is 0. The van der Waals surface area contributed by atoms with Crippen LogP contribution in [0.3, 0.4) is 0 Å². The van der Waals surface area contributed by atoms with Crippen molar-refractivity contribution < 1.29 is 0 Å². The first-order chi connectivity index (χ1) is 6.18. The summed E-state index contributed by atoms with van der Waals surface area (Å²) in [6, 6.07) is 3.91. The third-order valence-electron chi connectivity index (χ3n) is 1.91. The van der Waals surface area contributed by atoms with Crippen LogP contribution >= 0.6 is 11.6 Å². The molecule has 1 atom stereocenters. The van der Waals surface area contributed by atoms with E-state index in [9.17, 15) is 0 Å². The zero-order valence-corrected chi connectivity index (χ0v) is 8.59. The van der Waals surface area contributed by atoms with Crippen LogP contribution in [-0.4, -0.2) is 10.4 Å². The van der Waals surface area contributed by atoms with Crippen molar-refractivity contribution in [2.24, 2.45) is 0 Å². The molecule has 0 aliphatic rings. The number of pyridine rings is 1. The van der Waals surface area contributed by atoms with Crippen molar-refractivity contribution in [2.75, 3.05) is 5.73 Å². The molecule has 0 fully saturated rings. The highest BCUT2D eigenvalue weighted by Gasteiger charge is 1.98. The molecule has 0 aromatic carbocycles. The van der Waals surface area contributed by atoms with Crippen LogP contribution in [0, 0.1) is 0 Å². The molecule has 0 bridgehead atoms. The van der Waals surface area contributed by atoms with E-state index in [0.29, 0.717) is 5.82 Å². The van der Waals surface area contributed by atoms with Gasteiger partial charge in [-0.2, -0.15) is 0 Å². The number of nitrogens with zero attached hydrogens (tertiary/aromatic N) is 1. The average molecular weight is 199 g/mol. The second-order valence-electron chi connectivity index (χ2n) is 3.26. The minimum Gasteiger partial charge on any atom is -0.384 e. The Morgan fingerprint density at radius 1 is 1.62 bits per heavy atom. The fourth-order valence-electron chi connectivity index (χ4n) is 1.24. The van der Waals surface area contributed by atoms with Gasteiger partial charge in [0.2, 0.25) is 0 Å². The van der Waals surface area contributed by atoms with Gasteiger partial charge in [0, 0.05) is 11.6 Å². The number of hydrogen-bond donors (Lipinski definition) is 1. The second kappa shape index (κ2) is 5.07. The van der Waals surface area contributed by atoms with E-state index in [4.69, 9.17) is 17.3 Å². The van der Waals surface area contributed by atoms with E-state index in [-0.39, 0.29) is 5.38 Å². The van der Waals surface area contributed by atoms with Crippen molar-refractivity contribution in [1.82, 2.24) is 4.98 Å². The molecule has 1 rings (SSSR count). The predicted molar refractivity (Wildman–Crippen MR) is 56.9 cm³/mol. The second-order valence-corrected chi connectivity index (χ2v) is 4.01. The number of nitrogens with two attached hydrogens (primary N) is 1. The molecule has 0 radical (unpaired) electrons. The van der Waals surface area contributed by atoms with Crippen molar-refractivity contribution in [1.29, 1.82) is 0 Å². The highest BCUT2D eigenvalue weighted by molar-refractivity contribution is 6.20. The maximum atomic E-state index is 5.84. The molecule has 1 heterocycles. The monoisotopic (exact) mass is 198 g/mol. The molecule has 72 valence electrons. The molecule has 2 N–H and O–H groups in total. The van der Waals surface area contributed by atoms with E-state index in [1.165, 1.54) is 5.56 Å². The van der Waals surface area contributed by atoms with Crippen LogP contribution in [0.4, 0.5) is 5.82 Å². The van der Waals surface area contributed by atoms with Crippen LogP contribution in [0.5, 0.6) is 0 Å². The Bertz CT molecular complexity index is 261. The standard InChI is InChI=1S/C10H15ClN2/c1-8(11)3-2-4-9-5-6-13-10(12)7-9/h5-8H,2-4H2,1H3,(H2,12,13). The van der Waals surface area contributed by atoms with Gasteiger partial charge in [-0.3, -0.25) is 0 Å². The SMILES string of the molecule is CC(Cl)CCCc1ccnc(N)c1. The average Bonchev–Trinajstić information content (AvgIpc) is 2.03. The summed E-state index contributed by atoms with van der Waals surface area (Å²) in [4.78, 5) is 3.93. The zero-order valence-electron chi connectivity index (χ0n) is 7.83. The number of halogens is 1. The van der Waals surface area contributed by atoms with Gasteiger partial charge in [-0.25, -0.2) is 4.98 Å². The number of alkyl halides is 1. The van der Waals surface area contributed by atoms with Crippen molar-refractivity contribution in [3.63, 3.8) is 0 Å². The molecule has 13 heavy (non-hydrogen) atoms. The third kappa shape index (κ3) is 4.13. The fourth-order valence-corrected chi connectivity index (χ4v) is 1.39. The number of aromatic nitrogens is 1. The molecule has 2 nitrogen and oxygen atoms in total. The Labute approximate surface area is 84.1 Å². The Morgan fingerprint density at radius 2 is 2.38 bits per heavy atom. The lowest BCUT2D eigenvalue weighted by molar-refractivity contribution is 0.723. The Hall–Kier alpha value is -0.760. The normalized spacial score (nSPS) is 12.8. The van der Waals surface area contributed by atoms with Gasteiger partial charge >= 0.3 is 0 Å². The van der Waals surface area contributed by atoms with Gasteiger partial charge in [0.1, 0.15) is 5.82 Å². The van der Waals surface area contributed by atoms with E-state index < -0.39 is 0 Å². The molecule has 1 aromatic heterocycles. The van der Waals surface area contributed by atoms with Crippen molar-refractivity contribution >= 4 is 17.4 Å². The Morgan fingerprint density at radius 3 is 3.00 bits per heavy atom. The molecule has 0 saturated heterocycles. The summed E-state index contributed by atoms with van der Waals surface area (Å²) in [5, 5.41) is 0.263. The highest BCUT2D eigenvalue weighted by atomic mass is 35.5. The summed E-state index contributed by atoms with van der Waals surface area (Å²) in [5.41, 5.74) is 6.79. The van der Waals surface area contributed by atoms with E-state index in [0.717, 1.165) is 19.3 Å². The minimum atomic E-state index is 0.263. The van der Waals surface area contributed by atoms with Gasteiger partial charge in [0.05, 0.1) is 0 Å². The van der Waals surface area contributed by atoms with Gasteiger partial charge < -0.3 is 5.73 Å². The summed E-state index contributed by atoms with van der Waals surface area (Å²) in [6.07, 6.45) is 4.93. The first-order valence-corrected chi connectivity index (χ1v) is 4.96. The minimum absolute atomic E-state index is 0.263. The predicted octanol–water partition coefficient (Wildman–Crippen LogP) is 2.61. The van der Waals surface area contributed by atoms with Crippen LogP contribution in [0.2, 0.25) is 0 Å². The lowest BCUT2D eigenvalue weighted by atomic mass is 10.1. The third-order valence-corrected chi connectivity index (χ3v) is 2.13. The fraction of sp³-hybridized carbons (Fsp3) is 0.500. The number of anilines is 1. The van der Waals surface area contributed by atoms with Crippen LogP contribution < -0.4 is 5.73 Å². The molecule has 0 amide bonds. The van der Waals surface area contributed by atoms with E-state index in [2.05, 4.69) is 4.98 Å². The molecule has 3 heteroatoms. The van der Waals surface area contributed by atoms with Crippen molar-refractivity contribution in [3.05, 3.63) is 23.9 Å². The lowest BCUT2D eigenvalue weighted by Crippen LogP contribution is -1.95. The van der Waals surface area contributed by atoms with Crippen LogP contribution in [0.1, 0.15) is 25.3 Å². The van der Waals surface area contributed by atoms with E-state index in [1.807, 2.05) is 19.1 Å². The molecule has 0 spiro atoms. The van der Waals surface area contributed by atoms with Crippen LogP contribution in [0.15, 0.2) is 18.3 Å². The molecule has 0 aliphatic heterocycles. The largest absolute Gasteiger partial charge is 0.384 e. The Balaban J connectivity index is 2.37. The maximum Gasteiger partial charge on any atom is 0.123 e. The van der Waals surface area contributed by atoms with E-state index >= 15 is 0 Å². The van der Waals surface area contributed by atoms with Crippen molar-refractivity contribution in [2.45, 2.75) is 31.6 Å². The summed E-state index contributed by atoms with van der Waals surface area (Å²) >= 11 is 5.84. The molecule has 0 saturated carbocycles. The quantitative estimate of drug-likeness (QED) is 0.756. The molecule has 1 aromatic rings. The maximum absolute atomic E-state index is 5.84. The summed E-state index contributed by atoms with van der Waals surface area (Å²) in [7, 11) is 0. The number of nitrogen functional groups attached to an aromatic ring is 1. The smallest absolute Gasteiger partial charge is 0.123 e. The summed E-state index contributed by atoms with van der Waals surface area (Å²) in [5.74, 6) is 0.594. The van der Waals surface area contributed by atoms with Crippen LogP contribution in [-0.2, 0) is 6.42 Å². The van der Waals surface area contributed by atoms with E-state index in [1.54, 1.807) is 6.20 Å². The number of rotatable bonds is 4. The zero-order chi connectivity index (χ0) is 9.68. The number of hydrogen-bond acceptors (Lipinski definition) is 2.